The minimum atomic E-state index is -0.436. The van der Waals surface area contributed by atoms with Crippen LogP contribution in [0.5, 0.6) is 6.01 Å². The van der Waals surface area contributed by atoms with Gasteiger partial charge in [-0.2, -0.15) is 15.0 Å². The van der Waals surface area contributed by atoms with Crippen molar-refractivity contribution in [3.8, 4) is 17.4 Å². The molecule has 7 heteroatoms. The van der Waals surface area contributed by atoms with Crippen molar-refractivity contribution in [1.82, 2.24) is 15.0 Å². The van der Waals surface area contributed by atoms with E-state index < -0.39 is 5.82 Å². The van der Waals surface area contributed by atoms with Crippen molar-refractivity contribution >= 4 is 23.2 Å². The SMILES string of the molecule is CCOc1nc(Cl)nc(-c2ccc(F)cc2Cl)n1. The van der Waals surface area contributed by atoms with E-state index >= 15 is 0 Å². The molecule has 0 atom stereocenters. The molecule has 0 N–H and O–H groups in total. The van der Waals surface area contributed by atoms with Crippen LogP contribution in [0.3, 0.4) is 0 Å². The summed E-state index contributed by atoms with van der Waals surface area (Å²) >= 11 is 11.7. The van der Waals surface area contributed by atoms with Gasteiger partial charge < -0.3 is 4.74 Å². The molecule has 0 spiro atoms. The first kappa shape index (κ1) is 13.0. The Morgan fingerprint density at radius 3 is 2.67 bits per heavy atom. The van der Waals surface area contributed by atoms with E-state index in [1.807, 2.05) is 0 Å². The predicted octanol–water partition coefficient (Wildman–Crippen LogP) is 3.38. The summed E-state index contributed by atoms with van der Waals surface area (Å²) in [6, 6.07) is 4.01. The van der Waals surface area contributed by atoms with Crippen molar-refractivity contribution in [3.05, 3.63) is 34.3 Å². The second kappa shape index (κ2) is 5.46. The van der Waals surface area contributed by atoms with E-state index in [4.69, 9.17) is 27.9 Å². The lowest BCUT2D eigenvalue weighted by molar-refractivity contribution is 0.312. The van der Waals surface area contributed by atoms with Gasteiger partial charge in [0.05, 0.1) is 11.6 Å². The van der Waals surface area contributed by atoms with Crippen LogP contribution in [0, 0.1) is 5.82 Å². The van der Waals surface area contributed by atoms with Crippen LogP contribution in [0.2, 0.25) is 10.3 Å². The summed E-state index contributed by atoms with van der Waals surface area (Å²) in [5.41, 5.74) is 0.461. The minimum absolute atomic E-state index is 0.0103. The largest absolute Gasteiger partial charge is 0.464 e. The van der Waals surface area contributed by atoms with Crippen LogP contribution < -0.4 is 4.74 Å². The summed E-state index contributed by atoms with van der Waals surface area (Å²) in [6.07, 6.45) is 0. The second-order valence-corrected chi connectivity index (χ2v) is 4.01. The van der Waals surface area contributed by atoms with E-state index in [9.17, 15) is 4.39 Å². The van der Waals surface area contributed by atoms with E-state index in [2.05, 4.69) is 15.0 Å². The lowest BCUT2D eigenvalue weighted by Gasteiger charge is -2.05. The summed E-state index contributed by atoms with van der Waals surface area (Å²) < 4.78 is 18.1. The molecule has 94 valence electrons. The van der Waals surface area contributed by atoms with Gasteiger partial charge in [-0.15, -0.1) is 0 Å². The van der Waals surface area contributed by atoms with Gasteiger partial charge in [0, 0.05) is 5.56 Å². The number of rotatable bonds is 3. The molecule has 1 aromatic carbocycles. The van der Waals surface area contributed by atoms with E-state index in [1.54, 1.807) is 6.92 Å². The molecule has 0 aliphatic carbocycles. The molecule has 2 aromatic rings. The molecule has 0 saturated heterocycles. The molecule has 0 radical (unpaired) electrons. The number of halogens is 3. The van der Waals surface area contributed by atoms with Crippen LogP contribution in [-0.2, 0) is 0 Å². The Bertz CT molecular complexity index is 580. The summed E-state index contributed by atoms with van der Waals surface area (Å²) in [4.78, 5) is 11.8. The fraction of sp³-hybridized carbons (Fsp3) is 0.182. The molecule has 0 saturated carbocycles. The smallest absolute Gasteiger partial charge is 0.321 e. The maximum Gasteiger partial charge on any atom is 0.321 e. The Morgan fingerprint density at radius 2 is 2.00 bits per heavy atom. The molecular formula is C11H8Cl2FN3O. The minimum Gasteiger partial charge on any atom is -0.464 e. The third-order valence-electron chi connectivity index (χ3n) is 2.03. The Labute approximate surface area is 113 Å². The molecule has 18 heavy (non-hydrogen) atoms. The van der Waals surface area contributed by atoms with Crippen LogP contribution in [0.4, 0.5) is 4.39 Å². The molecule has 0 aliphatic rings. The highest BCUT2D eigenvalue weighted by Crippen LogP contribution is 2.27. The Hall–Kier alpha value is -1.46. The van der Waals surface area contributed by atoms with Crippen molar-refractivity contribution in [3.63, 3.8) is 0 Å². The Balaban J connectivity index is 2.49. The number of hydrogen-bond acceptors (Lipinski definition) is 4. The number of nitrogens with zero attached hydrogens (tertiary/aromatic N) is 3. The van der Waals surface area contributed by atoms with Crippen molar-refractivity contribution in [1.29, 1.82) is 0 Å². The number of aromatic nitrogens is 3. The first-order valence-electron chi connectivity index (χ1n) is 5.10. The highest BCUT2D eigenvalue weighted by molar-refractivity contribution is 6.33. The van der Waals surface area contributed by atoms with E-state index in [-0.39, 0.29) is 22.1 Å². The van der Waals surface area contributed by atoms with Crippen LogP contribution >= 0.6 is 23.2 Å². The Morgan fingerprint density at radius 1 is 1.22 bits per heavy atom. The summed E-state index contributed by atoms with van der Waals surface area (Å²) in [7, 11) is 0. The molecular weight excluding hydrogens is 280 g/mol. The fourth-order valence-electron chi connectivity index (χ4n) is 1.32. The van der Waals surface area contributed by atoms with Crippen molar-refractivity contribution in [2.75, 3.05) is 6.61 Å². The van der Waals surface area contributed by atoms with Gasteiger partial charge in [0.15, 0.2) is 5.82 Å². The molecule has 4 nitrogen and oxygen atoms in total. The lowest BCUT2D eigenvalue weighted by atomic mass is 10.2. The molecule has 0 amide bonds. The summed E-state index contributed by atoms with van der Waals surface area (Å²) in [5, 5.41) is 0.184. The molecule has 1 aromatic heterocycles. The van der Waals surface area contributed by atoms with Gasteiger partial charge in [-0.3, -0.25) is 0 Å². The van der Waals surface area contributed by atoms with E-state index in [0.717, 1.165) is 0 Å². The molecule has 0 aliphatic heterocycles. The third-order valence-corrected chi connectivity index (χ3v) is 2.51. The van der Waals surface area contributed by atoms with Gasteiger partial charge >= 0.3 is 6.01 Å². The van der Waals surface area contributed by atoms with Crippen molar-refractivity contribution in [2.45, 2.75) is 6.92 Å². The average Bonchev–Trinajstić information content (AvgIpc) is 2.28. The normalized spacial score (nSPS) is 10.4. The standard InChI is InChI=1S/C11H8Cl2FN3O/c1-2-18-11-16-9(15-10(13)17-11)7-4-3-6(14)5-8(7)12/h3-5H,2H2,1H3. The van der Waals surface area contributed by atoms with E-state index in [0.29, 0.717) is 12.2 Å². The summed E-state index contributed by atoms with van der Waals surface area (Å²) in [6.45, 7) is 2.19. The van der Waals surface area contributed by atoms with Crippen LogP contribution in [0.25, 0.3) is 11.4 Å². The maximum atomic E-state index is 13.0. The summed E-state index contributed by atoms with van der Waals surface area (Å²) in [5.74, 6) is -0.197. The van der Waals surface area contributed by atoms with Gasteiger partial charge in [-0.05, 0) is 36.7 Å². The van der Waals surface area contributed by atoms with Crippen molar-refractivity contribution < 1.29 is 9.13 Å². The molecule has 2 rings (SSSR count). The second-order valence-electron chi connectivity index (χ2n) is 3.27. The van der Waals surface area contributed by atoms with Gasteiger partial charge in [0.1, 0.15) is 5.82 Å². The molecule has 0 unspecified atom stereocenters. The lowest BCUT2D eigenvalue weighted by Crippen LogP contribution is -2.01. The fourth-order valence-corrected chi connectivity index (χ4v) is 1.72. The van der Waals surface area contributed by atoms with Gasteiger partial charge in [0.2, 0.25) is 5.28 Å². The van der Waals surface area contributed by atoms with Gasteiger partial charge in [-0.25, -0.2) is 4.39 Å². The quantitative estimate of drug-likeness (QED) is 0.868. The van der Waals surface area contributed by atoms with E-state index in [1.165, 1.54) is 18.2 Å². The molecule has 0 fully saturated rings. The number of ether oxygens (including phenoxy) is 1. The van der Waals surface area contributed by atoms with Crippen LogP contribution in [0.15, 0.2) is 18.2 Å². The highest BCUT2D eigenvalue weighted by Gasteiger charge is 2.11. The van der Waals surface area contributed by atoms with Crippen LogP contribution in [-0.4, -0.2) is 21.6 Å². The first-order valence-corrected chi connectivity index (χ1v) is 5.85. The highest BCUT2D eigenvalue weighted by atomic mass is 35.5. The monoisotopic (exact) mass is 287 g/mol. The van der Waals surface area contributed by atoms with Crippen molar-refractivity contribution in [2.24, 2.45) is 0 Å². The third kappa shape index (κ3) is 2.86. The zero-order chi connectivity index (χ0) is 13.1. The Kier molecular flexibility index (Phi) is 3.93. The molecule has 0 bridgehead atoms. The first-order chi connectivity index (χ1) is 8.60. The van der Waals surface area contributed by atoms with Gasteiger partial charge in [0.25, 0.3) is 0 Å². The van der Waals surface area contributed by atoms with Gasteiger partial charge in [-0.1, -0.05) is 11.6 Å². The zero-order valence-electron chi connectivity index (χ0n) is 9.32. The topological polar surface area (TPSA) is 47.9 Å². The number of hydrogen-bond donors (Lipinski definition) is 0. The average molecular weight is 288 g/mol. The predicted molar refractivity (Wildman–Crippen MR) is 66.4 cm³/mol. The van der Waals surface area contributed by atoms with Crippen LogP contribution in [0.1, 0.15) is 6.92 Å². The molecule has 1 heterocycles. The maximum absolute atomic E-state index is 13.0. The number of benzene rings is 1. The zero-order valence-corrected chi connectivity index (χ0v) is 10.8.